The molecule has 1 atom stereocenters. The van der Waals surface area contributed by atoms with Gasteiger partial charge in [0.25, 0.3) is 0 Å². The number of anilines is 1. The molecule has 0 saturated carbocycles. The van der Waals surface area contributed by atoms with E-state index in [2.05, 4.69) is 55.7 Å². The Morgan fingerprint density at radius 1 is 1.04 bits per heavy atom. The first-order valence-electron chi connectivity index (χ1n) is 8.98. The van der Waals surface area contributed by atoms with E-state index in [1.165, 1.54) is 11.6 Å². The van der Waals surface area contributed by atoms with Gasteiger partial charge in [-0.25, -0.2) is 8.78 Å². The van der Waals surface area contributed by atoms with Crippen molar-refractivity contribution >= 4 is 11.6 Å². The number of carbonyl (C=O) groups excluding carboxylic acids is 1. The van der Waals surface area contributed by atoms with E-state index in [1.54, 1.807) is 0 Å². The van der Waals surface area contributed by atoms with Gasteiger partial charge in [-0.1, -0.05) is 57.5 Å². The lowest BCUT2D eigenvalue weighted by Gasteiger charge is -2.23. The topological polar surface area (TPSA) is 41.1 Å². The lowest BCUT2D eigenvalue weighted by atomic mass is 9.94. The quantitative estimate of drug-likeness (QED) is 0.707. The Labute approximate surface area is 153 Å². The van der Waals surface area contributed by atoms with E-state index in [1.807, 2.05) is 0 Å². The molecule has 1 amide bonds. The van der Waals surface area contributed by atoms with Gasteiger partial charge in [0.05, 0.1) is 6.54 Å². The number of aryl methyl sites for hydroxylation is 1. The van der Waals surface area contributed by atoms with E-state index in [0.717, 1.165) is 30.5 Å². The summed E-state index contributed by atoms with van der Waals surface area (Å²) < 4.78 is 27.3. The average molecular weight is 360 g/mol. The van der Waals surface area contributed by atoms with Crippen LogP contribution in [-0.2, 0) is 11.2 Å². The third-order valence-electron chi connectivity index (χ3n) is 4.25. The Kier molecular flexibility index (Phi) is 7.27. The zero-order valence-electron chi connectivity index (χ0n) is 15.5. The van der Waals surface area contributed by atoms with Gasteiger partial charge in [-0.2, -0.15) is 0 Å². The Bertz CT molecular complexity index is 709. The number of hydrogen-bond acceptors (Lipinski definition) is 2. The summed E-state index contributed by atoms with van der Waals surface area (Å²) in [5, 5.41) is 5.49. The van der Waals surface area contributed by atoms with E-state index >= 15 is 0 Å². The van der Waals surface area contributed by atoms with Gasteiger partial charge in [0, 0.05) is 6.04 Å². The van der Waals surface area contributed by atoms with E-state index in [9.17, 15) is 13.6 Å². The van der Waals surface area contributed by atoms with Gasteiger partial charge in [0.2, 0.25) is 5.91 Å². The maximum atomic E-state index is 13.6. The summed E-state index contributed by atoms with van der Waals surface area (Å²) in [4.78, 5) is 12.1. The summed E-state index contributed by atoms with van der Waals surface area (Å²) in [6.07, 6.45) is 2.13. The van der Waals surface area contributed by atoms with E-state index in [4.69, 9.17) is 0 Å². The van der Waals surface area contributed by atoms with Crippen molar-refractivity contribution in [3.05, 3.63) is 65.2 Å². The first-order valence-corrected chi connectivity index (χ1v) is 8.98. The number of hydrogen-bond donors (Lipinski definition) is 2. The molecule has 0 aromatic heterocycles. The molecule has 0 aliphatic heterocycles. The fourth-order valence-electron chi connectivity index (χ4n) is 2.92. The highest BCUT2D eigenvalue weighted by molar-refractivity contribution is 5.92. The molecule has 2 N–H and O–H groups in total. The standard InChI is InChI=1S/C21H26F2N2O/c1-4-6-15-9-11-16(12-10-15)20(14(2)3)24-13-19(26)25-21-17(22)7-5-8-18(21)23/h5,7-12,14,20,24H,4,6,13H2,1-3H3,(H,25,26)/t20-/m1/s1. The van der Waals surface area contributed by atoms with Gasteiger partial charge in [0.1, 0.15) is 17.3 Å². The monoisotopic (exact) mass is 360 g/mol. The Morgan fingerprint density at radius 3 is 2.19 bits per heavy atom. The molecule has 0 aliphatic rings. The first kappa shape index (κ1) is 20.0. The molecule has 2 aromatic carbocycles. The highest BCUT2D eigenvalue weighted by Crippen LogP contribution is 2.22. The van der Waals surface area contributed by atoms with Gasteiger partial charge in [-0.05, 0) is 35.6 Å². The molecule has 140 valence electrons. The van der Waals surface area contributed by atoms with Crippen LogP contribution in [0.5, 0.6) is 0 Å². The fraction of sp³-hybridized carbons (Fsp3) is 0.381. The van der Waals surface area contributed by atoms with Crippen LogP contribution in [-0.4, -0.2) is 12.5 Å². The maximum absolute atomic E-state index is 13.6. The first-order chi connectivity index (χ1) is 12.4. The molecule has 0 saturated heterocycles. The summed E-state index contributed by atoms with van der Waals surface area (Å²) in [5.41, 5.74) is 1.96. The average Bonchev–Trinajstić information content (AvgIpc) is 2.60. The van der Waals surface area contributed by atoms with Crippen LogP contribution in [0.1, 0.15) is 44.4 Å². The van der Waals surface area contributed by atoms with Crippen molar-refractivity contribution in [2.45, 2.75) is 39.7 Å². The molecular formula is C21H26F2N2O. The molecule has 3 nitrogen and oxygen atoms in total. The highest BCUT2D eigenvalue weighted by atomic mass is 19.1. The predicted octanol–water partition coefficient (Wildman–Crippen LogP) is 4.84. The van der Waals surface area contributed by atoms with Crippen LogP contribution in [0.2, 0.25) is 0 Å². The van der Waals surface area contributed by atoms with Crippen LogP contribution in [0, 0.1) is 17.6 Å². The summed E-state index contributed by atoms with van der Waals surface area (Å²) in [6, 6.07) is 11.8. The number of halogens is 2. The molecular weight excluding hydrogens is 334 g/mol. The number of rotatable bonds is 8. The minimum absolute atomic E-state index is 0.0260. The van der Waals surface area contributed by atoms with Crippen LogP contribution in [0.15, 0.2) is 42.5 Å². The van der Waals surface area contributed by atoms with Crippen LogP contribution >= 0.6 is 0 Å². The molecule has 0 bridgehead atoms. The van der Waals surface area contributed by atoms with Crippen molar-refractivity contribution in [3.63, 3.8) is 0 Å². The van der Waals surface area contributed by atoms with Crippen molar-refractivity contribution in [1.82, 2.24) is 5.32 Å². The van der Waals surface area contributed by atoms with E-state index in [0.29, 0.717) is 0 Å². The smallest absolute Gasteiger partial charge is 0.238 e. The third kappa shape index (κ3) is 5.36. The number of carbonyl (C=O) groups is 1. The van der Waals surface area contributed by atoms with Crippen LogP contribution in [0.4, 0.5) is 14.5 Å². The normalized spacial score (nSPS) is 12.2. The van der Waals surface area contributed by atoms with Gasteiger partial charge >= 0.3 is 0 Å². The SMILES string of the molecule is CCCc1ccc([C@H](NCC(=O)Nc2c(F)cccc2F)C(C)C)cc1. The van der Waals surface area contributed by atoms with Crippen LogP contribution < -0.4 is 10.6 Å². The zero-order chi connectivity index (χ0) is 19.1. The fourth-order valence-corrected chi connectivity index (χ4v) is 2.92. The summed E-state index contributed by atoms with van der Waals surface area (Å²) in [5.74, 6) is -1.80. The summed E-state index contributed by atoms with van der Waals surface area (Å²) in [7, 11) is 0. The molecule has 0 unspecified atom stereocenters. The molecule has 26 heavy (non-hydrogen) atoms. The van der Waals surface area contributed by atoms with Crippen molar-refractivity contribution in [3.8, 4) is 0 Å². The lowest BCUT2D eigenvalue weighted by Crippen LogP contribution is -2.34. The maximum Gasteiger partial charge on any atom is 0.238 e. The Morgan fingerprint density at radius 2 is 1.65 bits per heavy atom. The molecule has 0 aliphatic carbocycles. The van der Waals surface area contributed by atoms with E-state index < -0.39 is 23.2 Å². The van der Waals surface area contributed by atoms with Crippen LogP contribution in [0.25, 0.3) is 0 Å². The largest absolute Gasteiger partial charge is 0.320 e. The molecule has 5 heteroatoms. The van der Waals surface area contributed by atoms with Gasteiger partial charge in [-0.15, -0.1) is 0 Å². The summed E-state index contributed by atoms with van der Waals surface area (Å²) in [6.45, 7) is 6.23. The summed E-state index contributed by atoms with van der Waals surface area (Å²) >= 11 is 0. The van der Waals surface area contributed by atoms with Gasteiger partial charge < -0.3 is 10.6 Å². The second-order valence-electron chi connectivity index (χ2n) is 6.74. The minimum atomic E-state index is -0.787. The molecule has 0 radical (unpaired) electrons. The second kappa shape index (κ2) is 9.43. The second-order valence-corrected chi connectivity index (χ2v) is 6.74. The number of para-hydroxylation sites is 1. The van der Waals surface area contributed by atoms with Gasteiger partial charge in [-0.3, -0.25) is 4.79 Å². The molecule has 0 spiro atoms. The van der Waals surface area contributed by atoms with Crippen molar-refractivity contribution < 1.29 is 13.6 Å². The number of benzene rings is 2. The minimum Gasteiger partial charge on any atom is -0.320 e. The van der Waals surface area contributed by atoms with Crippen LogP contribution in [0.3, 0.4) is 0 Å². The van der Waals surface area contributed by atoms with Gasteiger partial charge in [0.15, 0.2) is 0 Å². The molecule has 0 fully saturated rings. The van der Waals surface area contributed by atoms with Crippen molar-refractivity contribution in [2.75, 3.05) is 11.9 Å². The van der Waals surface area contributed by atoms with E-state index in [-0.39, 0.29) is 18.5 Å². The van der Waals surface area contributed by atoms with Crippen molar-refractivity contribution in [1.29, 1.82) is 0 Å². The molecule has 0 heterocycles. The molecule has 2 aromatic rings. The third-order valence-corrected chi connectivity index (χ3v) is 4.25. The van der Waals surface area contributed by atoms with Crippen molar-refractivity contribution in [2.24, 2.45) is 5.92 Å². The lowest BCUT2D eigenvalue weighted by molar-refractivity contribution is -0.115. The predicted molar refractivity (Wildman–Crippen MR) is 101 cm³/mol. The zero-order valence-corrected chi connectivity index (χ0v) is 15.5. The Balaban J connectivity index is 2.00. The number of amides is 1. The molecule has 2 rings (SSSR count). The Hall–Kier alpha value is -2.27. The number of nitrogens with one attached hydrogen (secondary N) is 2. The highest BCUT2D eigenvalue weighted by Gasteiger charge is 2.18.